The smallest absolute Gasteiger partial charge is 0.406 e. The van der Waals surface area contributed by atoms with Gasteiger partial charge in [-0.05, 0) is 44.0 Å². The molecule has 3 heterocycles. The number of anilines is 2. The molecule has 12 nitrogen and oxygen atoms in total. The quantitative estimate of drug-likeness (QED) is 0.327. The number of aliphatic hydroxyl groups excluding tert-OH is 1. The second-order valence-corrected chi connectivity index (χ2v) is 9.42. The number of hydrogen-bond acceptors (Lipinski definition) is 9. The molecule has 1 saturated heterocycles. The van der Waals surface area contributed by atoms with Crippen molar-refractivity contribution >= 4 is 23.3 Å². The minimum Gasteiger partial charge on any atom is -0.406 e. The largest absolute Gasteiger partial charge is 0.573 e. The summed E-state index contributed by atoms with van der Waals surface area (Å²) in [4.78, 5) is 28.0. The molecule has 16 heteroatoms. The molecule has 0 bridgehead atoms. The van der Waals surface area contributed by atoms with Crippen molar-refractivity contribution in [3.8, 4) is 5.75 Å². The number of amides is 2. The lowest BCUT2D eigenvalue weighted by atomic mass is 10.1. The Kier molecular flexibility index (Phi) is 9.31. The Morgan fingerprint density at radius 1 is 1.17 bits per heavy atom. The minimum atomic E-state index is -4.83. The standard InChI is InChI=1S/C25H28F4N8O4/c1-16(38)21-13-37(34-32-21)12-17(26)5-6-18-7-8-22(33-31-18)30-23(39)14-36-10-9-35(15-24(36)40)19-3-2-4-20(11-19)41-25(27,28)29/h2-4,7-8,11,13,16-17,38H,5-6,9-10,12,14-15H2,1H3,(H,30,33,39). The number of aliphatic hydroxyl groups is 1. The van der Waals surface area contributed by atoms with E-state index >= 15 is 0 Å². The summed E-state index contributed by atoms with van der Waals surface area (Å²) < 4.78 is 57.1. The maximum Gasteiger partial charge on any atom is 0.573 e. The Balaban J connectivity index is 1.21. The summed E-state index contributed by atoms with van der Waals surface area (Å²) in [5, 5.41) is 27.5. The second kappa shape index (κ2) is 12.9. The first kappa shape index (κ1) is 29.6. The SMILES string of the molecule is CC(O)c1cn(CC(F)CCc2ccc(NC(=O)CN3CCN(c4cccc(OC(F)(F)F)c4)CC3=O)nn2)nn1. The fraction of sp³-hybridized carbons (Fsp3) is 0.440. The highest BCUT2D eigenvalue weighted by Gasteiger charge is 2.32. The van der Waals surface area contributed by atoms with Crippen LogP contribution in [0.4, 0.5) is 29.1 Å². The number of hydrogen-bond donors (Lipinski definition) is 2. The number of aryl methyl sites for hydroxylation is 1. The van der Waals surface area contributed by atoms with Gasteiger partial charge in [0.1, 0.15) is 24.2 Å². The number of carbonyl (C=O) groups excluding carboxylic acids is 2. The molecule has 2 aromatic heterocycles. The molecule has 1 aromatic carbocycles. The summed E-state index contributed by atoms with van der Waals surface area (Å²) in [5.74, 6) is -1.09. The highest BCUT2D eigenvalue weighted by atomic mass is 19.4. The van der Waals surface area contributed by atoms with Crippen LogP contribution in [0.25, 0.3) is 0 Å². The number of piperazine rings is 1. The van der Waals surface area contributed by atoms with E-state index in [0.29, 0.717) is 30.0 Å². The van der Waals surface area contributed by atoms with Gasteiger partial charge < -0.3 is 25.0 Å². The molecular formula is C25H28F4N8O4. The molecule has 0 spiro atoms. The fourth-order valence-electron chi connectivity index (χ4n) is 4.08. The number of ether oxygens (including phenoxy) is 1. The van der Waals surface area contributed by atoms with E-state index in [1.807, 2.05) is 0 Å². The molecule has 0 radical (unpaired) electrons. The third-order valence-corrected chi connectivity index (χ3v) is 6.14. The Bertz CT molecular complexity index is 1340. The van der Waals surface area contributed by atoms with Crippen LogP contribution in [0, 0.1) is 0 Å². The van der Waals surface area contributed by atoms with Crippen molar-refractivity contribution < 1.29 is 37.0 Å². The summed E-state index contributed by atoms with van der Waals surface area (Å²) in [6.45, 7) is 1.64. The molecule has 3 aromatic rings. The van der Waals surface area contributed by atoms with Crippen LogP contribution < -0.4 is 15.0 Å². The van der Waals surface area contributed by atoms with Gasteiger partial charge in [-0.3, -0.25) is 9.59 Å². The average Bonchev–Trinajstić information content (AvgIpc) is 3.37. The van der Waals surface area contributed by atoms with Crippen molar-refractivity contribution in [1.82, 2.24) is 30.1 Å². The van der Waals surface area contributed by atoms with Crippen molar-refractivity contribution in [1.29, 1.82) is 0 Å². The van der Waals surface area contributed by atoms with E-state index in [0.717, 1.165) is 0 Å². The van der Waals surface area contributed by atoms with Gasteiger partial charge in [-0.15, -0.1) is 23.4 Å². The molecule has 2 amide bonds. The molecular weight excluding hydrogens is 552 g/mol. The van der Waals surface area contributed by atoms with Crippen molar-refractivity contribution in [2.24, 2.45) is 0 Å². The fourth-order valence-corrected chi connectivity index (χ4v) is 4.08. The number of benzene rings is 1. The zero-order chi connectivity index (χ0) is 29.6. The summed E-state index contributed by atoms with van der Waals surface area (Å²) >= 11 is 0. The second-order valence-electron chi connectivity index (χ2n) is 9.42. The van der Waals surface area contributed by atoms with Crippen molar-refractivity contribution in [3.05, 3.63) is 54.0 Å². The lowest BCUT2D eigenvalue weighted by molar-refractivity contribution is -0.274. The van der Waals surface area contributed by atoms with E-state index in [9.17, 15) is 32.3 Å². The summed E-state index contributed by atoms with van der Waals surface area (Å²) in [7, 11) is 0. The molecule has 1 fully saturated rings. The van der Waals surface area contributed by atoms with E-state index in [2.05, 4.69) is 30.6 Å². The van der Waals surface area contributed by atoms with Gasteiger partial charge in [0.15, 0.2) is 5.82 Å². The van der Waals surface area contributed by atoms with Gasteiger partial charge in [-0.25, -0.2) is 9.07 Å². The molecule has 2 N–H and O–H groups in total. The Morgan fingerprint density at radius 3 is 2.63 bits per heavy atom. The number of rotatable bonds is 11. The van der Waals surface area contributed by atoms with Crippen LogP contribution in [0.2, 0.25) is 0 Å². The first-order valence-electron chi connectivity index (χ1n) is 12.7. The van der Waals surface area contributed by atoms with Gasteiger partial charge in [-0.1, -0.05) is 11.3 Å². The topological polar surface area (TPSA) is 139 Å². The lowest BCUT2D eigenvalue weighted by Crippen LogP contribution is -2.52. The van der Waals surface area contributed by atoms with Gasteiger partial charge in [0.25, 0.3) is 0 Å². The Hall–Kier alpha value is -4.34. The summed E-state index contributed by atoms with van der Waals surface area (Å²) in [6, 6.07) is 8.47. The zero-order valence-electron chi connectivity index (χ0n) is 22.0. The van der Waals surface area contributed by atoms with Crippen LogP contribution in [0.1, 0.15) is 30.8 Å². The number of carbonyl (C=O) groups is 2. The normalized spacial score (nSPS) is 15.5. The van der Waals surface area contributed by atoms with E-state index in [1.54, 1.807) is 24.0 Å². The van der Waals surface area contributed by atoms with E-state index in [1.165, 1.54) is 40.0 Å². The molecule has 41 heavy (non-hydrogen) atoms. The predicted octanol–water partition coefficient (Wildman–Crippen LogP) is 2.28. The van der Waals surface area contributed by atoms with E-state index in [4.69, 9.17) is 0 Å². The monoisotopic (exact) mass is 580 g/mol. The number of aromatic nitrogens is 5. The first-order valence-corrected chi connectivity index (χ1v) is 12.7. The maximum absolute atomic E-state index is 14.3. The number of nitrogens with one attached hydrogen (secondary N) is 1. The van der Waals surface area contributed by atoms with Crippen molar-refractivity contribution in [2.45, 2.75) is 44.9 Å². The summed E-state index contributed by atoms with van der Waals surface area (Å²) in [5.41, 5.74) is 1.27. The third-order valence-electron chi connectivity index (χ3n) is 6.14. The van der Waals surface area contributed by atoms with Gasteiger partial charge in [0.2, 0.25) is 11.8 Å². The van der Waals surface area contributed by atoms with Crippen LogP contribution in [0.3, 0.4) is 0 Å². The molecule has 2 unspecified atom stereocenters. The minimum absolute atomic E-state index is 0.0207. The highest BCUT2D eigenvalue weighted by molar-refractivity contribution is 5.94. The molecule has 2 atom stereocenters. The first-order chi connectivity index (χ1) is 19.4. The number of halogens is 4. The molecule has 1 aliphatic heterocycles. The lowest BCUT2D eigenvalue weighted by Gasteiger charge is -2.35. The Morgan fingerprint density at radius 2 is 1.98 bits per heavy atom. The maximum atomic E-state index is 14.3. The van der Waals surface area contributed by atoms with Gasteiger partial charge in [0, 0.05) is 24.8 Å². The molecule has 0 saturated carbocycles. The van der Waals surface area contributed by atoms with E-state index in [-0.39, 0.29) is 50.1 Å². The van der Waals surface area contributed by atoms with Crippen LogP contribution in [0.5, 0.6) is 5.75 Å². The van der Waals surface area contributed by atoms with Crippen LogP contribution in [-0.2, 0) is 22.6 Å². The van der Waals surface area contributed by atoms with Gasteiger partial charge in [-0.2, -0.15) is 5.10 Å². The molecule has 4 rings (SSSR count). The zero-order valence-corrected chi connectivity index (χ0v) is 22.0. The third kappa shape index (κ3) is 8.83. The van der Waals surface area contributed by atoms with Crippen LogP contribution in [0.15, 0.2) is 42.6 Å². The molecule has 220 valence electrons. The highest BCUT2D eigenvalue weighted by Crippen LogP contribution is 2.27. The number of nitrogens with zero attached hydrogens (tertiary/aromatic N) is 7. The van der Waals surface area contributed by atoms with Crippen LogP contribution >= 0.6 is 0 Å². The van der Waals surface area contributed by atoms with Gasteiger partial charge in [0.05, 0.1) is 31.1 Å². The van der Waals surface area contributed by atoms with Gasteiger partial charge >= 0.3 is 6.36 Å². The number of alkyl halides is 4. The molecule has 0 aliphatic carbocycles. The summed E-state index contributed by atoms with van der Waals surface area (Å²) in [6.07, 6.45) is -4.91. The van der Waals surface area contributed by atoms with Crippen molar-refractivity contribution in [2.75, 3.05) is 36.4 Å². The molecule has 1 aliphatic rings. The average molecular weight is 581 g/mol. The predicted molar refractivity (Wildman–Crippen MR) is 136 cm³/mol. The van der Waals surface area contributed by atoms with Crippen LogP contribution in [-0.4, -0.2) is 85.7 Å². The van der Waals surface area contributed by atoms with E-state index < -0.39 is 24.5 Å². The van der Waals surface area contributed by atoms with Crippen molar-refractivity contribution in [3.63, 3.8) is 0 Å². The Labute approximate surface area is 231 Å².